The second-order valence-electron chi connectivity index (χ2n) is 4.81. The number of anilines is 1. The van der Waals surface area contributed by atoms with Crippen molar-refractivity contribution >= 4 is 23.3 Å². The highest BCUT2D eigenvalue weighted by molar-refractivity contribution is 8.00. The third-order valence-corrected chi connectivity index (χ3v) is 4.50. The Kier molecular flexibility index (Phi) is 3.52. The van der Waals surface area contributed by atoms with E-state index in [1.54, 1.807) is 23.9 Å². The first-order valence-corrected chi connectivity index (χ1v) is 6.99. The number of nitrogen functional groups attached to an aromatic ring is 1. The molecule has 0 aliphatic carbocycles. The largest absolute Gasteiger partial charge is 0.399 e. The van der Waals surface area contributed by atoms with E-state index in [-0.39, 0.29) is 11.1 Å². The number of thioether (sulfide) groups is 1. The van der Waals surface area contributed by atoms with E-state index in [1.807, 2.05) is 13.8 Å². The molecule has 2 unspecified atom stereocenters. The zero-order valence-electron chi connectivity index (χ0n) is 10.6. The van der Waals surface area contributed by atoms with E-state index in [0.717, 1.165) is 12.2 Å². The number of aliphatic imine (C=N–C) groups is 1. The molecular formula is C13H18FN3S. The Balaban J connectivity index is 2.49. The van der Waals surface area contributed by atoms with Gasteiger partial charge in [-0.2, -0.15) is 11.8 Å². The summed E-state index contributed by atoms with van der Waals surface area (Å²) >= 11 is 1.74. The van der Waals surface area contributed by atoms with Gasteiger partial charge in [-0.3, -0.25) is 4.99 Å². The van der Waals surface area contributed by atoms with Crippen LogP contribution in [0.3, 0.4) is 0 Å². The summed E-state index contributed by atoms with van der Waals surface area (Å²) in [7, 11) is 0. The molecule has 0 radical (unpaired) electrons. The van der Waals surface area contributed by atoms with Crippen molar-refractivity contribution in [2.24, 2.45) is 10.7 Å². The summed E-state index contributed by atoms with van der Waals surface area (Å²) in [5.74, 6) is 1.19. The maximum Gasteiger partial charge on any atom is 0.128 e. The lowest BCUT2D eigenvalue weighted by Gasteiger charge is -2.25. The number of nitrogens with two attached hydrogens (primary N) is 2. The van der Waals surface area contributed by atoms with Crippen LogP contribution in [0.1, 0.15) is 25.8 Å². The molecule has 0 spiro atoms. The average Bonchev–Trinajstić information content (AvgIpc) is 2.43. The topological polar surface area (TPSA) is 64.4 Å². The molecule has 98 valence electrons. The van der Waals surface area contributed by atoms with E-state index in [1.165, 1.54) is 6.07 Å². The van der Waals surface area contributed by atoms with Crippen LogP contribution in [0.5, 0.6) is 0 Å². The van der Waals surface area contributed by atoms with Crippen molar-refractivity contribution < 1.29 is 4.39 Å². The Morgan fingerprint density at radius 1 is 1.44 bits per heavy atom. The number of hydrogen-bond acceptors (Lipinski definition) is 4. The molecular weight excluding hydrogens is 249 g/mol. The molecule has 2 atom stereocenters. The molecule has 1 aromatic rings. The lowest BCUT2D eigenvalue weighted by atomic mass is 9.89. The van der Waals surface area contributed by atoms with Gasteiger partial charge in [0.2, 0.25) is 0 Å². The number of halogens is 1. The van der Waals surface area contributed by atoms with Gasteiger partial charge in [0.1, 0.15) is 11.7 Å². The molecule has 1 aromatic carbocycles. The van der Waals surface area contributed by atoms with E-state index >= 15 is 0 Å². The second-order valence-corrected chi connectivity index (χ2v) is 6.26. The van der Waals surface area contributed by atoms with Crippen molar-refractivity contribution in [2.75, 3.05) is 11.5 Å². The number of benzene rings is 1. The fourth-order valence-electron chi connectivity index (χ4n) is 2.10. The summed E-state index contributed by atoms with van der Waals surface area (Å²) < 4.78 is 14.0. The van der Waals surface area contributed by atoms with Gasteiger partial charge >= 0.3 is 0 Å². The fraction of sp³-hybridized carbons (Fsp3) is 0.462. The fourth-order valence-corrected chi connectivity index (χ4v) is 3.19. The number of nitrogens with zero attached hydrogens (tertiary/aromatic N) is 1. The maximum atomic E-state index is 14.0. The van der Waals surface area contributed by atoms with Gasteiger partial charge in [-0.15, -0.1) is 0 Å². The Morgan fingerprint density at radius 2 is 2.17 bits per heavy atom. The van der Waals surface area contributed by atoms with Crippen molar-refractivity contribution in [3.63, 3.8) is 0 Å². The minimum atomic E-state index is -0.624. The highest BCUT2D eigenvalue weighted by atomic mass is 32.2. The highest BCUT2D eigenvalue weighted by Gasteiger charge is 2.32. The minimum Gasteiger partial charge on any atom is -0.399 e. The molecule has 0 amide bonds. The van der Waals surface area contributed by atoms with E-state index in [0.29, 0.717) is 17.1 Å². The number of hydrogen-bond donors (Lipinski definition) is 2. The molecule has 2 rings (SSSR count). The first-order chi connectivity index (χ1) is 8.42. The quantitative estimate of drug-likeness (QED) is 0.768. The lowest BCUT2D eigenvalue weighted by Crippen LogP contribution is -2.28. The van der Waals surface area contributed by atoms with E-state index in [2.05, 4.69) is 4.99 Å². The smallest absolute Gasteiger partial charge is 0.128 e. The molecule has 1 aliphatic rings. The SMILES string of the molecule is CC1SCCC(C)(c2cc(N)ccc2F)N=C1N. The van der Waals surface area contributed by atoms with Crippen LogP contribution < -0.4 is 11.5 Å². The van der Waals surface area contributed by atoms with Crippen molar-refractivity contribution in [2.45, 2.75) is 31.1 Å². The molecule has 1 aliphatic heterocycles. The first kappa shape index (κ1) is 13.2. The van der Waals surface area contributed by atoms with Gasteiger partial charge in [0.05, 0.1) is 10.8 Å². The van der Waals surface area contributed by atoms with Gasteiger partial charge in [0, 0.05) is 11.3 Å². The zero-order valence-corrected chi connectivity index (χ0v) is 11.4. The maximum absolute atomic E-state index is 14.0. The molecule has 4 N–H and O–H groups in total. The summed E-state index contributed by atoms with van der Waals surface area (Å²) in [5, 5.41) is 0.177. The molecule has 3 nitrogen and oxygen atoms in total. The third kappa shape index (κ3) is 2.46. The van der Waals surface area contributed by atoms with E-state index in [9.17, 15) is 4.39 Å². The molecule has 18 heavy (non-hydrogen) atoms. The van der Waals surface area contributed by atoms with Gasteiger partial charge in [0.25, 0.3) is 0 Å². The van der Waals surface area contributed by atoms with E-state index in [4.69, 9.17) is 11.5 Å². The summed E-state index contributed by atoms with van der Waals surface area (Å²) in [5.41, 5.74) is 12.1. The van der Waals surface area contributed by atoms with Gasteiger partial charge in [0.15, 0.2) is 0 Å². The van der Waals surface area contributed by atoms with Crippen LogP contribution in [0.4, 0.5) is 10.1 Å². The third-order valence-electron chi connectivity index (χ3n) is 3.32. The molecule has 5 heteroatoms. The normalized spacial score (nSPS) is 28.6. The Hall–Kier alpha value is -1.23. The van der Waals surface area contributed by atoms with Crippen molar-refractivity contribution in [3.8, 4) is 0 Å². The number of amidine groups is 1. The van der Waals surface area contributed by atoms with Crippen molar-refractivity contribution in [1.82, 2.24) is 0 Å². The van der Waals surface area contributed by atoms with Crippen LogP contribution in [0.2, 0.25) is 0 Å². The summed E-state index contributed by atoms with van der Waals surface area (Å²) in [6.45, 7) is 3.93. The molecule has 0 aromatic heterocycles. The summed E-state index contributed by atoms with van der Waals surface area (Å²) in [6.07, 6.45) is 0.753. The minimum absolute atomic E-state index is 0.177. The predicted octanol–water partition coefficient (Wildman–Crippen LogP) is 2.51. The van der Waals surface area contributed by atoms with Crippen LogP contribution in [-0.2, 0) is 5.54 Å². The first-order valence-electron chi connectivity index (χ1n) is 5.95. The Labute approximate surface area is 111 Å². The van der Waals surface area contributed by atoms with Crippen LogP contribution in [-0.4, -0.2) is 16.8 Å². The van der Waals surface area contributed by atoms with Crippen molar-refractivity contribution in [1.29, 1.82) is 0 Å². The summed E-state index contributed by atoms with van der Waals surface area (Å²) in [4.78, 5) is 4.54. The van der Waals surface area contributed by atoms with E-state index < -0.39 is 5.54 Å². The molecule has 0 saturated heterocycles. The zero-order chi connectivity index (χ0) is 13.3. The van der Waals surface area contributed by atoms with Crippen LogP contribution >= 0.6 is 11.8 Å². The van der Waals surface area contributed by atoms with Gasteiger partial charge < -0.3 is 11.5 Å². The molecule has 0 saturated carbocycles. The standard InChI is InChI=1S/C13H18FN3S/c1-8-12(16)17-13(2,5-6-18-8)10-7-9(15)3-4-11(10)14/h3-4,7-8H,5-6,15H2,1-2H3,(H2,16,17). The van der Waals surface area contributed by atoms with Gasteiger partial charge in [-0.1, -0.05) is 0 Å². The average molecular weight is 267 g/mol. The van der Waals surface area contributed by atoms with Gasteiger partial charge in [-0.25, -0.2) is 4.39 Å². The monoisotopic (exact) mass is 267 g/mol. The van der Waals surface area contributed by atoms with Gasteiger partial charge in [-0.05, 0) is 44.2 Å². The second kappa shape index (κ2) is 4.80. The Morgan fingerprint density at radius 3 is 2.89 bits per heavy atom. The highest BCUT2D eigenvalue weighted by Crippen LogP contribution is 2.36. The van der Waals surface area contributed by atoms with Crippen molar-refractivity contribution in [3.05, 3.63) is 29.6 Å². The number of rotatable bonds is 1. The van der Waals surface area contributed by atoms with Crippen LogP contribution in [0.25, 0.3) is 0 Å². The van der Waals surface area contributed by atoms with Crippen LogP contribution in [0, 0.1) is 5.82 Å². The Bertz CT molecular complexity index is 489. The summed E-state index contributed by atoms with van der Waals surface area (Å²) in [6, 6.07) is 4.61. The lowest BCUT2D eigenvalue weighted by molar-refractivity contribution is 0.453. The van der Waals surface area contributed by atoms with Crippen LogP contribution in [0.15, 0.2) is 23.2 Å². The molecule has 0 fully saturated rings. The molecule has 1 heterocycles. The molecule has 0 bridgehead atoms. The predicted molar refractivity (Wildman–Crippen MR) is 76.3 cm³/mol.